The number of carbonyl (C=O) groups is 2. The molecule has 0 aromatic heterocycles. The van der Waals surface area contributed by atoms with Crippen molar-refractivity contribution in [3.8, 4) is 5.75 Å². The molecule has 0 fully saturated rings. The molecule has 0 bridgehead atoms. The first-order chi connectivity index (χ1) is 16.7. The molecule has 7 nitrogen and oxygen atoms in total. The van der Waals surface area contributed by atoms with Crippen LogP contribution in [0, 0.1) is 11.7 Å². The molecule has 8 heteroatoms. The van der Waals surface area contributed by atoms with E-state index < -0.39 is 11.7 Å². The SMILES string of the molecule is CCCN1C[C@@H](C)[C@@H](OC)CN(C)C(=O)c2cc(NC(=O)c3ccccc3F)ccc2OC[C@@H]1C. The van der Waals surface area contributed by atoms with Crippen LogP contribution in [0.25, 0.3) is 0 Å². The van der Waals surface area contributed by atoms with E-state index in [1.54, 1.807) is 43.3 Å². The largest absolute Gasteiger partial charge is 0.491 e. The Morgan fingerprint density at radius 1 is 1.20 bits per heavy atom. The summed E-state index contributed by atoms with van der Waals surface area (Å²) in [7, 11) is 3.40. The van der Waals surface area contributed by atoms with Crippen molar-refractivity contribution in [1.82, 2.24) is 9.80 Å². The van der Waals surface area contributed by atoms with Gasteiger partial charge in [0.2, 0.25) is 0 Å². The summed E-state index contributed by atoms with van der Waals surface area (Å²) in [6.45, 7) is 9.01. The maximum Gasteiger partial charge on any atom is 0.258 e. The smallest absolute Gasteiger partial charge is 0.258 e. The van der Waals surface area contributed by atoms with Crippen molar-refractivity contribution < 1.29 is 23.5 Å². The van der Waals surface area contributed by atoms with Crippen molar-refractivity contribution in [3.05, 3.63) is 59.4 Å². The van der Waals surface area contributed by atoms with E-state index in [2.05, 4.69) is 31.0 Å². The molecule has 1 aliphatic rings. The molecule has 0 saturated heterocycles. The maximum absolute atomic E-state index is 14.1. The summed E-state index contributed by atoms with van der Waals surface area (Å²) in [5, 5.41) is 2.69. The number of ether oxygens (including phenoxy) is 2. The van der Waals surface area contributed by atoms with Gasteiger partial charge in [0.05, 0.1) is 17.2 Å². The molecule has 3 rings (SSSR count). The Kier molecular flexibility index (Phi) is 9.23. The van der Waals surface area contributed by atoms with Gasteiger partial charge in [-0.1, -0.05) is 26.0 Å². The van der Waals surface area contributed by atoms with Crippen LogP contribution in [0.15, 0.2) is 42.5 Å². The van der Waals surface area contributed by atoms with Crippen LogP contribution in [0.1, 0.15) is 47.9 Å². The van der Waals surface area contributed by atoms with Gasteiger partial charge in [0.25, 0.3) is 11.8 Å². The Morgan fingerprint density at radius 3 is 2.63 bits per heavy atom. The number of hydrogen-bond donors (Lipinski definition) is 1. The number of likely N-dealkylation sites (N-methyl/N-ethyl adjacent to an activating group) is 1. The molecular formula is C27H36FN3O4. The Balaban J connectivity index is 1.93. The van der Waals surface area contributed by atoms with Gasteiger partial charge in [-0.2, -0.15) is 0 Å². The number of carbonyl (C=O) groups excluding carboxylic acids is 2. The molecular weight excluding hydrogens is 449 g/mol. The Labute approximate surface area is 207 Å². The lowest BCUT2D eigenvalue weighted by Gasteiger charge is -2.35. The first kappa shape index (κ1) is 26.6. The van der Waals surface area contributed by atoms with Crippen LogP contribution < -0.4 is 10.1 Å². The van der Waals surface area contributed by atoms with E-state index in [0.29, 0.717) is 30.2 Å². The first-order valence-corrected chi connectivity index (χ1v) is 12.1. The summed E-state index contributed by atoms with van der Waals surface area (Å²) in [5.41, 5.74) is 0.643. The summed E-state index contributed by atoms with van der Waals surface area (Å²) in [6.07, 6.45) is 0.887. The molecule has 1 N–H and O–H groups in total. The van der Waals surface area contributed by atoms with E-state index in [0.717, 1.165) is 19.5 Å². The van der Waals surface area contributed by atoms with E-state index in [-0.39, 0.29) is 29.5 Å². The van der Waals surface area contributed by atoms with E-state index in [1.807, 2.05) is 0 Å². The van der Waals surface area contributed by atoms with Gasteiger partial charge in [0, 0.05) is 39.0 Å². The Bertz CT molecular complexity index is 1030. The van der Waals surface area contributed by atoms with Crippen LogP contribution in [-0.2, 0) is 4.74 Å². The number of nitrogens with one attached hydrogen (secondary N) is 1. The van der Waals surface area contributed by atoms with Gasteiger partial charge in [-0.15, -0.1) is 0 Å². The fraction of sp³-hybridized carbons (Fsp3) is 0.481. The molecule has 1 aliphatic heterocycles. The van der Waals surface area contributed by atoms with Crippen molar-refractivity contribution in [1.29, 1.82) is 0 Å². The Hall–Kier alpha value is -2.97. The predicted molar refractivity (Wildman–Crippen MR) is 135 cm³/mol. The van der Waals surface area contributed by atoms with E-state index >= 15 is 0 Å². The number of benzene rings is 2. The number of anilines is 1. The molecule has 35 heavy (non-hydrogen) atoms. The van der Waals surface area contributed by atoms with Crippen LogP contribution in [-0.4, -0.2) is 74.2 Å². The highest BCUT2D eigenvalue weighted by atomic mass is 19.1. The van der Waals surface area contributed by atoms with Gasteiger partial charge >= 0.3 is 0 Å². The maximum atomic E-state index is 14.1. The molecule has 0 spiro atoms. The van der Waals surface area contributed by atoms with E-state index in [9.17, 15) is 14.0 Å². The van der Waals surface area contributed by atoms with E-state index in [1.165, 1.54) is 18.2 Å². The first-order valence-electron chi connectivity index (χ1n) is 12.1. The van der Waals surface area contributed by atoms with E-state index in [4.69, 9.17) is 9.47 Å². The van der Waals surface area contributed by atoms with Crippen molar-refractivity contribution >= 4 is 17.5 Å². The molecule has 3 atom stereocenters. The van der Waals surface area contributed by atoms with Crippen molar-refractivity contribution in [2.75, 3.05) is 45.7 Å². The average molecular weight is 486 g/mol. The Morgan fingerprint density at radius 2 is 1.94 bits per heavy atom. The van der Waals surface area contributed by atoms with Gasteiger partial charge < -0.3 is 19.7 Å². The number of hydrogen-bond acceptors (Lipinski definition) is 5. The lowest BCUT2D eigenvalue weighted by Crippen LogP contribution is -2.46. The zero-order chi connectivity index (χ0) is 25.5. The standard InChI is InChI=1S/C27H36FN3O4/c1-6-13-31-15-18(2)25(34-5)16-30(4)27(33)22-14-20(11-12-24(22)35-17-19(31)3)29-26(32)21-9-7-8-10-23(21)28/h7-12,14,18-19,25H,6,13,15-17H2,1-5H3,(H,29,32)/t18-,19+,25+/m1/s1. The third-order valence-corrected chi connectivity index (χ3v) is 6.46. The number of amides is 2. The van der Waals surface area contributed by atoms with Crippen molar-refractivity contribution in [2.45, 2.75) is 39.3 Å². The molecule has 190 valence electrons. The molecule has 0 unspecified atom stereocenters. The number of rotatable bonds is 5. The van der Waals surface area contributed by atoms with Gasteiger partial charge in [-0.05, 0) is 56.1 Å². The zero-order valence-electron chi connectivity index (χ0n) is 21.2. The molecule has 2 aromatic carbocycles. The summed E-state index contributed by atoms with van der Waals surface area (Å²) < 4.78 is 25.9. The minimum atomic E-state index is -0.610. The monoisotopic (exact) mass is 485 g/mol. The second-order valence-corrected chi connectivity index (χ2v) is 9.24. The zero-order valence-corrected chi connectivity index (χ0v) is 21.2. The summed E-state index contributed by atoms with van der Waals surface area (Å²) in [6, 6.07) is 10.8. The van der Waals surface area contributed by atoms with Gasteiger partial charge in [-0.25, -0.2) is 4.39 Å². The van der Waals surface area contributed by atoms with Gasteiger partial charge in [0.1, 0.15) is 18.2 Å². The number of nitrogens with zero attached hydrogens (tertiary/aromatic N) is 2. The van der Waals surface area contributed by atoms with Crippen LogP contribution in [0.5, 0.6) is 5.75 Å². The van der Waals surface area contributed by atoms with Gasteiger partial charge in [-0.3, -0.25) is 14.5 Å². The number of fused-ring (bicyclic) bond motifs is 1. The molecule has 0 saturated carbocycles. The number of halogens is 1. The van der Waals surface area contributed by atoms with Crippen molar-refractivity contribution in [3.63, 3.8) is 0 Å². The van der Waals surface area contributed by atoms with Crippen LogP contribution in [0.4, 0.5) is 10.1 Å². The van der Waals surface area contributed by atoms with Gasteiger partial charge in [0.15, 0.2) is 0 Å². The highest BCUT2D eigenvalue weighted by molar-refractivity contribution is 6.05. The summed E-state index contributed by atoms with van der Waals surface area (Å²) in [5.74, 6) is -0.795. The second-order valence-electron chi connectivity index (χ2n) is 9.24. The van der Waals surface area contributed by atoms with Crippen LogP contribution >= 0.6 is 0 Å². The molecule has 2 aromatic rings. The summed E-state index contributed by atoms with van der Waals surface area (Å²) in [4.78, 5) is 30.1. The molecule has 1 heterocycles. The minimum Gasteiger partial charge on any atom is -0.491 e. The minimum absolute atomic E-state index is 0.0678. The van der Waals surface area contributed by atoms with Crippen LogP contribution in [0.3, 0.4) is 0 Å². The molecule has 2 amide bonds. The number of methoxy groups -OCH3 is 1. The lowest BCUT2D eigenvalue weighted by molar-refractivity contribution is 0.0107. The highest BCUT2D eigenvalue weighted by Gasteiger charge is 2.28. The van der Waals surface area contributed by atoms with Crippen molar-refractivity contribution in [2.24, 2.45) is 5.92 Å². The highest BCUT2D eigenvalue weighted by Crippen LogP contribution is 2.27. The predicted octanol–water partition coefficient (Wildman–Crippen LogP) is 4.29. The fourth-order valence-electron chi connectivity index (χ4n) is 4.37. The third-order valence-electron chi connectivity index (χ3n) is 6.46. The van der Waals surface area contributed by atoms with Crippen LogP contribution in [0.2, 0.25) is 0 Å². The topological polar surface area (TPSA) is 71.1 Å². The molecule has 0 radical (unpaired) electrons. The normalized spacial score (nSPS) is 21.9. The quantitative estimate of drug-likeness (QED) is 0.684. The summed E-state index contributed by atoms with van der Waals surface area (Å²) >= 11 is 0. The second kappa shape index (κ2) is 12.1. The average Bonchev–Trinajstić information content (AvgIpc) is 2.84. The fourth-order valence-corrected chi connectivity index (χ4v) is 4.37. The third kappa shape index (κ3) is 6.58. The lowest BCUT2D eigenvalue weighted by atomic mass is 10.0. The molecule has 0 aliphatic carbocycles.